The summed E-state index contributed by atoms with van der Waals surface area (Å²) in [6, 6.07) is 13.3. The Morgan fingerprint density at radius 2 is 1.81 bits per heavy atom. The largest absolute Gasteiger partial charge is 0.482 e. The summed E-state index contributed by atoms with van der Waals surface area (Å²) in [7, 11) is -3.71. The Morgan fingerprint density at radius 1 is 1.12 bits per heavy atom. The fraction of sp³-hybridized carbons (Fsp3) is 0.278. The number of anilines is 1. The lowest BCUT2D eigenvalue weighted by Crippen LogP contribution is -2.28. The van der Waals surface area contributed by atoms with E-state index in [0.717, 1.165) is 12.8 Å². The summed E-state index contributed by atoms with van der Waals surface area (Å²) < 4.78 is 32.6. The van der Waals surface area contributed by atoms with Crippen molar-refractivity contribution in [3.8, 4) is 5.75 Å². The molecule has 2 aromatic rings. The third kappa shape index (κ3) is 4.35. The summed E-state index contributed by atoms with van der Waals surface area (Å²) in [4.78, 5) is 12.0. The minimum absolute atomic E-state index is 0.0144. The molecule has 1 aliphatic rings. The normalized spacial score (nSPS) is 15.0. The van der Waals surface area contributed by atoms with Crippen molar-refractivity contribution >= 4 is 33.2 Å². The molecular formula is C18H19ClN2O4S. The van der Waals surface area contributed by atoms with E-state index in [1.165, 1.54) is 22.5 Å². The van der Waals surface area contributed by atoms with Crippen LogP contribution in [0.2, 0.25) is 5.02 Å². The van der Waals surface area contributed by atoms with Crippen molar-refractivity contribution in [2.45, 2.75) is 17.7 Å². The van der Waals surface area contributed by atoms with Crippen molar-refractivity contribution in [3.05, 3.63) is 53.6 Å². The van der Waals surface area contributed by atoms with E-state index in [2.05, 4.69) is 5.32 Å². The predicted molar refractivity (Wildman–Crippen MR) is 100 cm³/mol. The van der Waals surface area contributed by atoms with Crippen LogP contribution >= 0.6 is 11.6 Å². The van der Waals surface area contributed by atoms with Crippen LogP contribution in [0.5, 0.6) is 5.75 Å². The number of para-hydroxylation sites is 1. The smallest absolute Gasteiger partial charge is 0.262 e. The van der Waals surface area contributed by atoms with E-state index in [1.54, 1.807) is 24.3 Å². The van der Waals surface area contributed by atoms with Gasteiger partial charge in [-0.2, -0.15) is 4.31 Å². The summed E-state index contributed by atoms with van der Waals surface area (Å²) in [6.45, 7) is 0.643. The SMILES string of the molecule is O=C(COc1ccc(Cl)cc1S(=O)(=O)N1CCCC1)Nc1ccccc1. The lowest BCUT2D eigenvalue weighted by Gasteiger charge is -2.18. The van der Waals surface area contributed by atoms with E-state index in [9.17, 15) is 13.2 Å². The topological polar surface area (TPSA) is 75.7 Å². The van der Waals surface area contributed by atoms with Gasteiger partial charge in [0.05, 0.1) is 0 Å². The minimum Gasteiger partial charge on any atom is -0.482 e. The molecule has 6 nitrogen and oxygen atoms in total. The molecule has 0 saturated carbocycles. The predicted octanol–water partition coefficient (Wildman–Crippen LogP) is 3.14. The summed E-state index contributed by atoms with van der Waals surface area (Å²) in [5.41, 5.74) is 0.641. The van der Waals surface area contributed by atoms with Crippen LogP contribution in [0.15, 0.2) is 53.4 Å². The van der Waals surface area contributed by atoms with E-state index >= 15 is 0 Å². The Bertz CT molecular complexity index is 881. The first-order valence-electron chi connectivity index (χ1n) is 8.24. The van der Waals surface area contributed by atoms with Crippen LogP contribution in [0.25, 0.3) is 0 Å². The zero-order valence-electron chi connectivity index (χ0n) is 14.0. The van der Waals surface area contributed by atoms with Gasteiger partial charge in [0.2, 0.25) is 10.0 Å². The van der Waals surface area contributed by atoms with E-state index < -0.39 is 10.0 Å². The van der Waals surface area contributed by atoms with Crippen molar-refractivity contribution < 1.29 is 17.9 Å². The Labute approximate surface area is 157 Å². The van der Waals surface area contributed by atoms with Crippen molar-refractivity contribution in [3.63, 3.8) is 0 Å². The third-order valence-corrected chi connectivity index (χ3v) is 6.16. The Kier molecular flexibility index (Phi) is 5.80. The van der Waals surface area contributed by atoms with Crippen molar-refractivity contribution in [2.75, 3.05) is 25.0 Å². The highest BCUT2D eigenvalue weighted by Gasteiger charge is 2.30. The molecule has 1 aliphatic heterocycles. The van der Waals surface area contributed by atoms with E-state index in [1.807, 2.05) is 6.07 Å². The molecule has 3 rings (SSSR count). The number of amides is 1. The number of nitrogens with one attached hydrogen (secondary N) is 1. The first kappa shape index (κ1) is 18.7. The van der Waals surface area contributed by atoms with Gasteiger partial charge < -0.3 is 10.1 Å². The average molecular weight is 395 g/mol. The first-order chi connectivity index (χ1) is 12.5. The number of hydrogen-bond acceptors (Lipinski definition) is 4. The number of halogens is 1. The van der Waals surface area contributed by atoms with Gasteiger partial charge >= 0.3 is 0 Å². The maximum absolute atomic E-state index is 12.8. The maximum Gasteiger partial charge on any atom is 0.262 e. The number of rotatable bonds is 6. The molecule has 1 saturated heterocycles. The molecule has 0 unspecified atom stereocenters. The summed E-state index contributed by atoms with van der Waals surface area (Å²) in [6.07, 6.45) is 1.66. The number of nitrogens with zero attached hydrogens (tertiary/aromatic N) is 1. The molecule has 0 spiro atoms. The second kappa shape index (κ2) is 8.07. The zero-order chi connectivity index (χ0) is 18.6. The van der Waals surface area contributed by atoms with Gasteiger partial charge in [-0.25, -0.2) is 8.42 Å². The molecule has 0 aromatic heterocycles. The van der Waals surface area contributed by atoms with Gasteiger partial charge in [0.15, 0.2) is 6.61 Å². The van der Waals surface area contributed by atoms with Gasteiger partial charge in [-0.05, 0) is 43.2 Å². The fourth-order valence-electron chi connectivity index (χ4n) is 2.73. The van der Waals surface area contributed by atoms with Crippen molar-refractivity contribution in [1.82, 2.24) is 4.31 Å². The van der Waals surface area contributed by atoms with E-state index in [0.29, 0.717) is 23.8 Å². The molecule has 0 bridgehead atoms. The van der Waals surface area contributed by atoms with Crippen LogP contribution in [0.1, 0.15) is 12.8 Å². The molecule has 138 valence electrons. The molecule has 0 atom stereocenters. The number of sulfonamides is 1. The lowest BCUT2D eigenvalue weighted by molar-refractivity contribution is -0.118. The molecule has 1 N–H and O–H groups in total. The van der Waals surface area contributed by atoms with Crippen molar-refractivity contribution in [2.24, 2.45) is 0 Å². The highest BCUT2D eigenvalue weighted by atomic mass is 35.5. The van der Waals surface area contributed by atoms with Gasteiger partial charge in [-0.15, -0.1) is 0 Å². The summed E-state index contributed by atoms with van der Waals surface area (Å²) in [5, 5.41) is 2.98. The number of carbonyl (C=O) groups excluding carboxylic acids is 1. The molecule has 1 amide bonds. The standard InChI is InChI=1S/C18H19ClN2O4S/c19-14-8-9-16(17(12-14)26(23,24)21-10-4-5-11-21)25-13-18(22)20-15-6-2-1-3-7-15/h1-3,6-9,12H,4-5,10-11,13H2,(H,20,22). The number of benzene rings is 2. The maximum atomic E-state index is 12.8. The zero-order valence-corrected chi connectivity index (χ0v) is 15.6. The average Bonchev–Trinajstić information content (AvgIpc) is 3.17. The molecule has 0 radical (unpaired) electrons. The Hall–Kier alpha value is -2.09. The van der Waals surface area contributed by atoms with Gasteiger partial charge in [0.25, 0.3) is 5.91 Å². The van der Waals surface area contributed by atoms with Crippen LogP contribution < -0.4 is 10.1 Å². The Balaban J connectivity index is 1.75. The lowest BCUT2D eigenvalue weighted by atomic mass is 10.3. The van der Waals surface area contributed by atoms with E-state index in [-0.39, 0.29) is 23.2 Å². The highest BCUT2D eigenvalue weighted by Crippen LogP contribution is 2.31. The number of ether oxygens (including phenoxy) is 1. The van der Waals surface area contributed by atoms with Crippen LogP contribution in [-0.2, 0) is 14.8 Å². The highest BCUT2D eigenvalue weighted by molar-refractivity contribution is 7.89. The van der Waals surface area contributed by atoms with Crippen LogP contribution in [-0.4, -0.2) is 38.3 Å². The molecule has 2 aromatic carbocycles. The summed E-state index contributed by atoms with van der Waals surface area (Å²) >= 11 is 5.98. The van der Waals surface area contributed by atoms with E-state index in [4.69, 9.17) is 16.3 Å². The molecule has 26 heavy (non-hydrogen) atoms. The Morgan fingerprint density at radius 3 is 2.50 bits per heavy atom. The molecule has 0 aliphatic carbocycles. The van der Waals surface area contributed by atoms with Crippen LogP contribution in [0.3, 0.4) is 0 Å². The van der Waals surface area contributed by atoms with Gasteiger partial charge in [-0.3, -0.25) is 4.79 Å². The second-order valence-corrected chi connectivity index (χ2v) is 8.25. The van der Waals surface area contributed by atoms with Gasteiger partial charge in [0.1, 0.15) is 10.6 Å². The van der Waals surface area contributed by atoms with Crippen molar-refractivity contribution in [1.29, 1.82) is 0 Å². The molecule has 1 fully saturated rings. The fourth-order valence-corrected chi connectivity index (χ4v) is 4.64. The third-order valence-electron chi connectivity index (χ3n) is 4.00. The second-order valence-electron chi connectivity index (χ2n) is 5.91. The minimum atomic E-state index is -3.71. The summed E-state index contributed by atoms with van der Waals surface area (Å²) in [5.74, 6) is -0.264. The van der Waals surface area contributed by atoms with Gasteiger partial charge in [0, 0.05) is 23.8 Å². The molecular weight excluding hydrogens is 376 g/mol. The van der Waals surface area contributed by atoms with Crippen LogP contribution in [0, 0.1) is 0 Å². The molecule has 1 heterocycles. The van der Waals surface area contributed by atoms with Crippen LogP contribution in [0.4, 0.5) is 5.69 Å². The molecule has 8 heteroatoms. The monoisotopic (exact) mass is 394 g/mol. The first-order valence-corrected chi connectivity index (χ1v) is 10.1. The number of hydrogen-bond donors (Lipinski definition) is 1. The number of carbonyl (C=O) groups is 1. The van der Waals surface area contributed by atoms with Gasteiger partial charge in [-0.1, -0.05) is 29.8 Å². The quantitative estimate of drug-likeness (QED) is 0.816.